The number of imidazole rings is 1. The number of hydrogen-bond acceptors (Lipinski definition) is 5. The zero-order valence-electron chi connectivity index (χ0n) is 15.8. The van der Waals surface area contributed by atoms with Gasteiger partial charge in [-0.3, -0.25) is 4.79 Å². The van der Waals surface area contributed by atoms with Crippen molar-refractivity contribution in [3.05, 3.63) is 35.3 Å². The van der Waals surface area contributed by atoms with Gasteiger partial charge in [-0.25, -0.2) is 4.98 Å². The summed E-state index contributed by atoms with van der Waals surface area (Å²) in [5, 5.41) is 5.73. The van der Waals surface area contributed by atoms with Crippen LogP contribution < -0.4 is 20.1 Å². The highest BCUT2D eigenvalue weighted by Crippen LogP contribution is 2.27. The summed E-state index contributed by atoms with van der Waals surface area (Å²) in [6.07, 6.45) is 5.21. The molecule has 0 fully saturated rings. The standard InChI is InChI=1S/C20H22N4O3/c1-6-12-22-20(25)18-19(21-7-2)23-17(24(18)3)11-9-14-8-10-15(26-4)16(13-14)27-5/h1,8,10,13,21H,7,12H2,2-5H3,(H,22,25). The molecule has 2 N–H and O–H groups in total. The summed E-state index contributed by atoms with van der Waals surface area (Å²) < 4.78 is 12.1. The van der Waals surface area contributed by atoms with Crippen LogP contribution in [-0.4, -0.2) is 42.8 Å². The van der Waals surface area contributed by atoms with E-state index in [0.29, 0.717) is 35.4 Å². The fourth-order valence-electron chi connectivity index (χ4n) is 2.42. The van der Waals surface area contributed by atoms with Crippen LogP contribution in [0.25, 0.3) is 0 Å². The maximum Gasteiger partial charge on any atom is 0.272 e. The van der Waals surface area contributed by atoms with Gasteiger partial charge in [-0.1, -0.05) is 11.8 Å². The highest BCUT2D eigenvalue weighted by Gasteiger charge is 2.19. The van der Waals surface area contributed by atoms with Gasteiger partial charge in [0.2, 0.25) is 0 Å². The average molecular weight is 366 g/mol. The number of ether oxygens (including phenoxy) is 2. The SMILES string of the molecule is C#CCNC(=O)c1c(NCC)nc(C#Cc2ccc(OC)c(OC)c2)n1C. The van der Waals surface area contributed by atoms with Crippen molar-refractivity contribution in [2.45, 2.75) is 6.92 Å². The molecule has 1 aromatic heterocycles. The van der Waals surface area contributed by atoms with E-state index in [1.807, 2.05) is 13.0 Å². The number of rotatable bonds is 6. The molecule has 7 nitrogen and oxygen atoms in total. The number of carbonyl (C=O) groups excluding carboxylic acids is 1. The molecule has 0 spiro atoms. The Morgan fingerprint density at radius 2 is 2.00 bits per heavy atom. The molecule has 7 heteroatoms. The maximum absolute atomic E-state index is 12.4. The summed E-state index contributed by atoms with van der Waals surface area (Å²) in [4.78, 5) is 16.8. The number of nitrogens with one attached hydrogen (secondary N) is 2. The minimum absolute atomic E-state index is 0.141. The van der Waals surface area contributed by atoms with Crippen molar-refractivity contribution in [2.24, 2.45) is 7.05 Å². The van der Waals surface area contributed by atoms with E-state index in [2.05, 4.69) is 33.4 Å². The first kappa shape index (κ1) is 19.7. The van der Waals surface area contributed by atoms with Crippen LogP contribution in [0, 0.1) is 24.2 Å². The van der Waals surface area contributed by atoms with E-state index in [1.165, 1.54) is 0 Å². The van der Waals surface area contributed by atoms with Crippen molar-refractivity contribution < 1.29 is 14.3 Å². The number of terminal acetylenes is 1. The molecule has 0 saturated heterocycles. The second kappa shape index (κ2) is 9.21. The molecule has 0 aliphatic rings. The lowest BCUT2D eigenvalue weighted by Gasteiger charge is -2.06. The Hall–Kier alpha value is -3.58. The van der Waals surface area contributed by atoms with Gasteiger partial charge in [0.05, 0.1) is 20.8 Å². The molecule has 0 aliphatic carbocycles. The third-order valence-corrected chi connectivity index (χ3v) is 3.71. The van der Waals surface area contributed by atoms with Crippen molar-refractivity contribution >= 4 is 11.7 Å². The summed E-state index contributed by atoms with van der Waals surface area (Å²) in [6, 6.07) is 5.38. The van der Waals surface area contributed by atoms with E-state index in [9.17, 15) is 4.79 Å². The third kappa shape index (κ3) is 4.53. The molecule has 0 aliphatic heterocycles. The van der Waals surface area contributed by atoms with Crippen LogP contribution in [0.15, 0.2) is 18.2 Å². The Morgan fingerprint density at radius 3 is 2.63 bits per heavy atom. The Kier molecular flexibility index (Phi) is 6.73. The Balaban J connectivity index is 2.39. The van der Waals surface area contributed by atoms with Crippen LogP contribution in [0.1, 0.15) is 28.8 Å². The van der Waals surface area contributed by atoms with Crippen LogP contribution in [0.5, 0.6) is 11.5 Å². The van der Waals surface area contributed by atoms with Gasteiger partial charge in [0.25, 0.3) is 5.91 Å². The summed E-state index contributed by atoms with van der Waals surface area (Å²) >= 11 is 0. The number of methoxy groups -OCH3 is 2. The van der Waals surface area contributed by atoms with Crippen molar-refractivity contribution in [1.82, 2.24) is 14.9 Å². The van der Waals surface area contributed by atoms with E-state index < -0.39 is 0 Å². The van der Waals surface area contributed by atoms with E-state index in [1.54, 1.807) is 38.0 Å². The number of amides is 1. The van der Waals surface area contributed by atoms with Crippen LogP contribution in [0.3, 0.4) is 0 Å². The first-order valence-corrected chi connectivity index (χ1v) is 8.31. The number of carbonyl (C=O) groups is 1. The van der Waals surface area contributed by atoms with Gasteiger partial charge in [0.1, 0.15) is 0 Å². The number of aromatic nitrogens is 2. The van der Waals surface area contributed by atoms with Crippen LogP contribution in [0.2, 0.25) is 0 Å². The predicted molar refractivity (Wildman–Crippen MR) is 104 cm³/mol. The van der Waals surface area contributed by atoms with Crippen molar-refractivity contribution in [2.75, 3.05) is 32.6 Å². The molecule has 140 valence electrons. The molecule has 0 unspecified atom stereocenters. The first-order chi connectivity index (χ1) is 13.0. The van der Waals surface area contributed by atoms with Gasteiger partial charge in [-0.15, -0.1) is 6.42 Å². The molecule has 1 aromatic carbocycles. The maximum atomic E-state index is 12.4. The summed E-state index contributed by atoms with van der Waals surface area (Å²) in [7, 11) is 4.88. The molecule has 1 heterocycles. The number of nitrogens with zero attached hydrogens (tertiary/aromatic N) is 2. The summed E-state index contributed by atoms with van der Waals surface area (Å²) in [5.41, 5.74) is 1.11. The van der Waals surface area contributed by atoms with Crippen LogP contribution in [0.4, 0.5) is 5.82 Å². The number of benzene rings is 1. The molecule has 2 aromatic rings. The van der Waals surface area contributed by atoms with Gasteiger partial charge in [0, 0.05) is 19.2 Å². The highest BCUT2D eigenvalue weighted by atomic mass is 16.5. The fraction of sp³-hybridized carbons (Fsp3) is 0.300. The molecular formula is C20H22N4O3. The van der Waals surface area contributed by atoms with E-state index in [-0.39, 0.29) is 12.5 Å². The highest BCUT2D eigenvalue weighted by molar-refractivity contribution is 5.97. The Morgan fingerprint density at radius 1 is 1.26 bits per heavy atom. The quantitative estimate of drug-likeness (QED) is 0.760. The molecule has 2 rings (SSSR count). The van der Waals surface area contributed by atoms with Crippen LogP contribution in [-0.2, 0) is 7.05 Å². The Bertz CT molecular complexity index is 929. The van der Waals surface area contributed by atoms with Crippen molar-refractivity contribution in [3.63, 3.8) is 0 Å². The second-order valence-electron chi connectivity index (χ2n) is 5.43. The van der Waals surface area contributed by atoms with E-state index in [4.69, 9.17) is 15.9 Å². The van der Waals surface area contributed by atoms with E-state index in [0.717, 1.165) is 5.56 Å². The second-order valence-corrected chi connectivity index (χ2v) is 5.43. The predicted octanol–water partition coefficient (Wildman–Crippen LogP) is 1.63. The minimum atomic E-state index is -0.307. The zero-order valence-corrected chi connectivity index (χ0v) is 15.8. The number of anilines is 1. The number of hydrogen-bond donors (Lipinski definition) is 2. The normalized spacial score (nSPS) is 9.59. The average Bonchev–Trinajstić information content (AvgIpc) is 2.99. The monoisotopic (exact) mass is 366 g/mol. The Labute approximate surface area is 159 Å². The van der Waals surface area contributed by atoms with Gasteiger partial charge in [-0.05, 0) is 31.0 Å². The molecule has 0 radical (unpaired) electrons. The first-order valence-electron chi connectivity index (χ1n) is 8.31. The zero-order chi connectivity index (χ0) is 19.8. The molecule has 27 heavy (non-hydrogen) atoms. The van der Waals surface area contributed by atoms with Crippen molar-refractivity contribution in [3.8, 4) is 35.7 Å². The largest absolute Gasteiger partial charge is 0.493 e. The summed E-state index contributed by atoms with van der Waals surface area (Å²) in [5.74, 6) is 10.2. The van der Waals surface area contributed by atoms with Crippen LogP contribution >= 0.6 is 0 Å². The minimum Gasteiger partial charge on any atom is -0.493 e. The smallest absolute Gasteiger partial charge is 0.272 e. The van der Waals surface area contributed by atoms with Gasteiger partial charge in [-0.2, -0.15) is 0 Å². The van der Waals surface area contributed by atoms with Crippen molar-refractivity contribution in [1.29, 1.82) is 0 Å². The topological polar surface area (TPSA) is 77.4 Å². The van der Waals surface area contributed by atoms with E-state index >= 15 is 0 Å². The van der Waals surface area contributed by atoms with Gasteiger partial charge >= 0.3 is 0 Å². The summed E-state index contributed by atoms with van der Waals surface area (Å²) in [6.45, 7) is 2.68. The van der Waals surface area contributed by atoms with Gasteiger partial charge in [0.15, 0.2) is 28.8 Å². The fourth-order valence-corrected chi connectivity index (χ4v) is 2.42. The van der Waals surface area contributed by atoms with Gasteiger partial charge < -0.3 is 24.7 Å². The molecule has 0 bridgehead atoms. The molecule has 0 saturated carbocycles. The molecule has 1 amide bonds. The lowest BCUT2D eigenvalue weighted by atomic mass is 10.2. The lowest BCUT2D eigenvalue weighted by molar-refractivity contribution is 0.0951. The third-order valence-electron chi connectivity index (χ3n) is 3.71. The molecule has 0 atom stereocenters. The molecular weight excluding hydrogens is 344 g/mol. The lowest BCUT2D eigenvalue weighted by Crippen LogP contribution is -2.26.